The molecule has 3 aliphatic rings. The van der Waals surface area contributed by atoms with Crippen LogP contribution in [0.1, 0.15) is 69.4 Å². The molecule has 3 atom stereocenters. The zero-order valence-electron chi connectivity index (χ0n) is 14.6. The summed E-state index contributed by atoms with van der Waals surface area (Å²) < 4.78 is 0. The van der Waals surface area contributed by atoms with Gasteiger partial charge in [-0.2, -0.15) is 0 Å². The van der Waals surface area contributed by atoms with E-state index in [1.165, 1.54) is 62.7 Å². The number of piperidine rings is 1. The van der Waals surface area contributed by atoms with Crippen molar-refractivity contribution in [3.8, 4) is 0 Å². The van der Waals surface area contributed by atoms with Gasteiger partial charge in [0.15, 0.2) is 0 Å². The Labute approximate surface area is 140 Å². The standard InChI is InChI=1S/C21H31NO/c1-2-3-8-14-22-15-13-20-11-6-7-12-21(20,23)19(22)16-17-9-4-5-10-18(17)20/h4-5,9-10,19,23H,2-3,6-8,11-16H2,1H3/t19-,20+,21?/m1/s1. The number of hydrogen-bond donors (Lipinski definition) is 1. The maximum absolute atomic E-state index is 11.9. The smallest absolute Gasteiger partial charge is 0.0901 e. The molecule has 0 spiro atoms. The molecule has 1 aromatic rings. The molecule has 23 heavy (non-hydrogen) atoms. The van der Waals surface area contributed by atoms with Crippen molar-refractivity contribution in [1.29, 1.82) is 0 Å². The van der Waals surface area contributed by atoms with E-state index < -0.39 is 5.60 Å². The van der Waals surface area contributed by atoms with Crippen LogP contribution in [-0.4, -0.2) is 34.7 Å². The average molecular weight is 313 g/mol. The Hall–Kier alpha value is -0.860. The molecule has 2 fully saturated rings. The molecule has 1 aromatic carbocycles. The second kappa shape index (κ2) is 5.89. The van der Waals surface area contributed by atoms with Crippen molar-refractivity contribution >= 4 is 0 Å². The van der Waals surface area contributed by atoms with Crippen LogP contribution in [0.15, 0.2) is 24.3 Å². The van der Waals surface area contributed by atoms with E-state index >= 15 is 0 Å². The van der Waals surface area contributed by atoms with Gasteiger partial charge in [0.05, 0.1) is 5.60 Å². The predicted molar refractivity (Wildman–Crippen MR) is 94.7 cm³/mol. The van der Waals surface area contributed by atoms with Crippen LogP contribution in [0.2, 0.25) is 0 Å². The Morgan fingerprint density at radius 1 is 1.13 bits per heavy atom. The number of benzene rings is 1. The first-order valence-corrected chi connectivity index (χ1v) is 9.76. The van der Waals surface area contributed by atoms with E-state index in [4.69, 9.17) is 0 Å². The average Bonchev–Trinajstić information content (AvgIpc) is 2.57. The maximum atomic E-state index is 11.9. The molecular formula is C21H31NO. The molecule has 0 amide bonds. The van der Waals surface area contributed by atoms with E-state index in [0.717, 1.165) is 19.3 Å². The van der Waals surface area contributed by atoms with Crippen molar-refractivity contribution in [2.24, 2.45) is 0 Å². The molecule has 2 bridgehead atoms. The maximum Gasteiger partial charge on any atom is 0.0901 e. The molecular weight excluding hydrogens is 282 g/mol. The van der Waals surface area contributed by atoms with Gasteiger partial charge in [0.2, 0.25) is 0 Å². The first kappa shape index (κ1) is 15.7. The molecule has 1 saturated carbocycles. The van der Waals surface area contributed by atoms with Crippen molar-refractivity contribution in [2.45, 2.75) is 81.8 Å². The fourth-order valence-corrected chi connectivity index (χ4v) is 5.90. The quantitative estimate of drug-likeness (QED) is 0.848. The van der Waals surface area contributed by atoms with Crippen LogP contribution in [0.3, 0.4) is 0 Å². The third-order valence-corrected chi connectivity index (χ3v) is 7.05. The monoisotopic (exact) mass is 313 g/mol. The topological polar surface area (TPSA) is 23.5 Å². The van der Waals surface area contributed by atoms with Crippen molar-refractivity contribution in [1.82, 2.24) is 4.90 Å². The summed E-state index contributed by atoms with van der Waals surface area (Å²) in [6, 6.07) is 9.32. The second-order valence-electron chi connectivity index (χ2n) is 8.08. The van der Waals surface area contributed by atoms with Gasteiger partial charge in [-0.05, 0) is 56.3 Å². The first-order valence-electron chi connectivity index (χ1n) is 9.76. The molecule has 1 unspecified atom stereocenters. The van der Waals surface area contributed by atoms with Crippen LogP contribution in [0.4, 0.5) is 0 Å². The van der Waals surface area contributed by atoms with Gasteiger partial charge in [0.1, 0.15) is 0 Å². The first-order chi connectivity index (χ1) is 11.2. The molecule has 0 radical (unpaired) electrons. The molecule has 2 aliphatic carbocycles. The molecule has 0 aromatic heterocycles. The third-order valence-electron chi connectivity index (χ3n) is 7.05. The van der Waals surface area contributed by atoms with Gasteiger partial charge in [-0.25, -0.2) is 0 Å². The van der Waals surface area contributed by atoms with Gasteiger partial charge in [-0.1, -0.05) is 56.9 Å². The number of aliphatic hydroxyl groups is 1. The Balaban J connectivity index is 1.72. The van der Waals surface area contributed by atoms with Gasteiger partial charge < -0.3 is 5.11 Å². The highest BCUT2D eigenvalue weighted by Crippen LogP contribution is 2.57. The van der Waals surface area contributed by atoms with E-state index in [1.54, 1.807) is 0 Å². The van der Waals surface area contributed by atoms with Crippen LogP contribution in [0.25, 0.3) is 0 Å². The van der Waals surface area contributed by atoms with E-state index in [0.29, 0.717) is 6.04 Å². The number of likely N-dealkylation sites (tertiary alicyclic amines) is 1. The predicted octanol–water partition coefficient (Wildman–Crippen LogP) is 4.05. The van der Waals surface area contributed by atoms with E-state index in [2.05, 4.69) is 36.1 Å². The van der Waals surface area contributed by atoms with Gasteiger partial charge in [0, 0.05) is 11.5 Å². The van der Waals surface area contributed by atoms with Crippen molar-refractivity contribution < 1.29 is 5.11 Å². The number of rotatable bonds is 4. The Bertz CT molecular complexity index is 571. The highest BCUT2D eigenvalue weighted by atomic mass is 16.3. The highest BCUT2D eigenvalue weighted by molar-refractivity contribution is 5.44. The minimum atomic E-state index is -0.496. The summed E-state index contributed by atoms with van der Waals surface area (Å²) in [6.07, 6.45) is 10.7. The summed E-state index contributed by atoms with van der Waals surface area (Å²) in [7, 11) is 0. The minimum absolute atomic E-state index is 0.0337. The fraction of sp³-hybridized carbons (Fsp3) is 0.714. The van der Waals surface area contributed by atoms with Crippen LogP contribution >= 0.6 is 0 Å². The van der Waals surface area contributed by atoms with Crippen LogP contribution in [0, 0.1) is 0 Å². The lowest BCUT2D eigenvalue weighted by molar-refractivity contribution is -0.166. The molecule has 1 aliphatic heterocycles. The summed E-state index contributed by atoms with van der Waals surface area (Å²) in [5.74, 6) is 0. The molecule has 126 valence electrons. The molecule has 2 nitrogen and oxygen atoms in total. The Morgan fingerprint density at radius 2 is 1.96 bits per heavy atom. The van der Waals surface area contributed by atoms with E-state index in [9.17, 15) is 5.11 Å². The summed E-state index contributed by atoms with van der Waals surface area (Å²) in [5, 5.41) is 11.9. The van der Waals surface area contributed by atoms with E-state index in [1.807, 2.05) is 0 Å². The highest BCUT2D eigenvalue weighted by Gasteiger charge is 2.62. The normalized spacial score (nSPS) is 36.3. The van der Waals surface area contributed by atoms with Crippen LogP contribution < -0.4 is 0 Å². The van der Waals surface area contributed by atoms with Crippen molar-refractivity contribution in [3.63, 3.8) is 0 Å². The number of hydrogen-bond acceptors (Lipinski definition) is 2. The SMILES string of the molecule is CCCCCN1CC[C@]23CCCCC2(O)[C@H]1Cc1ccccc13. The second-order valence-corrected chi connectivity index (χ2v) is 8.08. The number of fused-ring (bicyclic) bond motifs is 1. The van der Waals surface area contributed by atoms with Gasteiger partial charge in [0.25, 0.3) is 0 Å². The van der Waals surface area contributed by atoms with Gasteiger partial charge in [-0.15, -0.1) is 0 Å². The summed E-state index contributed by atoms with van der Waals surface area (Å²) in [6.45, 7) is 4.61. The minimum Gasteiger partial charge on any atom is -0.387 e. The molecule has 1 saturated heterocycles. The Kier molecular flexibility index (Phi) is 4.01. The third kappa shape index (κ3) is 2.21. The molecule has 4 rings (SSSR count). The zero-order chi connectivity index (χ0) is 15.9. The van der Waals surface area contributed by atoms with Crippen molar-refractivity contribution in [2.75, 3.05) is 13.1 Å². The van der Waals surface area contributed by atoms with Gasteiger partial charge in [-0.3, -0.25) is 4.90 Å². The lowest BCUT2D eigenvalue weighted by Crippen LogP contribution is -2.72. The molecule has 1 N–H and O–H groups in total. The zero-order valence-corrected chi connectivity index (χ0v) is 14.6. The number of nitrogens with zero attached hydrogens (tertiary/aromatic N) is 1. The van der Waals surface area contributed by atoms with Crippen LogP contribution in [-0.2, 0) is 11.8 Å². The fourth-order valence-electron chi connectivity index (χ4n) is 5.90. The van der Waals surface area contributed by atoms with Crippen LogP contribution in [0.5, 0.6) is 0 Å². The summed E-state index contributed by atoms with van der Waals surface area (Å²) in [4.78, 5) is 2.63. The lowest BCUT2D eigenvalue weighted by atomic mass is 9.49. The summed E-state index contributed by atoms with van der Waals surface area (Å²) in [5.41, 5.74) is 2.52. The largest absolute Gasteiger partial charge is 0.387 e. The van der Waals surface area contributed by atoms with Gasteiger partial charge >= 0.3 is 0 Å². The molecule has 2 heteroatoms. The molecule has 1 heterocycles. The number of unbranched alkanes of at least 4 members (excludes halogenated alkanes) is 2. The lowest BCUT2D eigenvalue weighted by Gasteiger charge is -2.64. The van der Waals surface area contributed by atoms with E-state index in [-0.39, 0.29) is 5.41 Å². The Morgan fingerprint density at radius 3 is 2.83 bits per heavy atom. The summed E-state index contributed by atoms with van der Waals surface area (Å²) >= 11 is 0. The van der Waals surface area contributed by atoms with Crippen molar-refractivity contribution in [3.05, 3.63) is 35.4 Å².